The quantitative estimate of drug-likeness (QED) is 0.774. The summed E-state index contributed by atoms with van der Waals surface area (Å²) in [6.07, 6.45) is 1.76. The van der Waals surface area contributed by atoms with Crippen LogP contribution in [0, 0.1) is 5.92 Å². The summed E-state index contributed by atoms with van der Waals surface area (Å²) in [5.74, 6) is 1.65. The molecule has 14 heavy (non-hydrogen) atoms. The number of nitrogens with zero attached hydrogens (tertiary/aromatic N) is 1. The Morgan fingerprint density at radius 1 is 1.43 bits per heavy atom. The zero-order valence-electron chi connectivity index (χ0n) is 8.83. The Labute approximate surface area is 95.3 Å². The summed E-state index contributed by atoms with van der Waals surface area (Å²) >= 11 is 7.80. The van der Waals surface area contributed by atoms with E-state index < -0.39 is 0 Å². The molecule has 0 spiro atoms. The molecule has 1 unspecified atom stereocenters. The van der Waals surface area contributed by atoms with E-state index in [1.165, 1.54) is 0 Å². The molecule has 1 aromatic rings. The van der Waals surface area contributed by atoms with Gasteiger partial charge in [0.1, 0.15) is 0 Å². The second kappa shape index (κ2) is 5.62. The smallest absolute Gasteiger partial charge is 0.0517 e. The Morgan fingerprint density at radius 2 is 2.14 bits per heavy atom. The maximum absolute atomic E-state index is 5.87. The molecule has 1 aromatic heterocycles. The zero-order valence-corrected chi connectivity index (χ0v) is 10.4. The molecule has 0 saturated heterocycles. The molecular formula is C11H16ClNS. The molecule has 3 heteroatoms. The van der Waals surface area contributed by atoms with Crippen LogP contribution in [0.15, 0.2) is 18.3 Å². The first-order valence-electron chi connectivity index (χ1n) is 4.81. The third kappa shape index (κ3) is 3.89. The van der Waals surface area contributed by atoms with Gasteiger partial charge in [0.2, 0.25) is 0 Å². The largest absolute Gasteiger partial charge is 0.260 e. The maximum Gasteiger partial charge on any atom is 0.0517 e. The molecule has 0 amide bonds. The number of hydrogen-bond donors (Lipinski definition) is 0. The molecule has 0 radical (unpaired) electrons. The number of aromatic nitrogens is 1. The van der Waals surface area contributed by atoms with Gasteiger partial charge in [0.05, 0.1) is 5.69 Å². The van der Waals surface area contributed by atoms with Crippen molar-refractivity contribution in [1.29, 1.82) is 0 Å². The molecule has 1 nitrogen and oxygen atoms in total. The molecule has 1 atom stereocenters. The molecule has 1 heterocycles. The van der Waals surface area contributed by atoms with Gasteiger partial charge in [-0.2, -0.15) is 11.8 Å². The molecule has 1 rings (SSSR count). The van der Waals surface area contributed by atoms with Crippen molar-refractivity contribution in [2.45, 2.75) is 31.8 Å². The van der Waals surface area contributed by atoms with Crippen molar-refractivity contribution in [2.75, 3.05) is 0 Å². The van der Waals surface area contributed by atoms with Crippen molar-refractivity contribution in [1.82, 2.24) is 4.98 Å². The van der Waals surface area contributed by atoms with E-state index in [2.05, 4.69) is 25.8 Å². The molecular weight excluding hydrogens is 214 g/mol. The lowest BCUT2D eigenvalue weighted by Crippen LogP contribution is -2.06. The number of rotatable bonds is 4. The lowest BCUT2D eigenvalue weighted by Gasteiger charge is -2.14. The van der Waals surface area contributed by atoms with Gasteiger partial charge in [0.25, 0.3) is 0 Å². The van der Waals surface area contributed by atoms with Gasteiger partial charge in [0, 0.05) is 22.2 Å². The van der Waals surface area contributed by atoms with Crippen molar-refractivity contribution in [3.8, 4) is 0 Å². The van der Waals surface area contributed by atoms with Crippen molar-refractivity contribution >= 4 is 23.4 Å². The fourth-order valence-corrected chi connectivity index (χ4v) is 2.10. The van der Waals surface area contributed by atoms with Gasteiger partial charge in [-0.05, 0) is 18.1 Å². The second-order valence-corrected chi connectivity index (χ2v) is 5.53. The van der Waals surface area contributed by atoms with Crippen LogP contribution in [0.25, 0.3) is 0 Å². The first-order chi connectivity index (χ1) is 6.59. The van der Waals surface area contributed by atoms with Crippen LogP contribution in [0.1, 0.15) is 26.5 Å². The molecule has 0 N–H and O–H groups in total. The van der Waals surface area contributed by atoms with E-state index >= 15 is 0 Å². The molecule has 0 bridgehead atoms. The minimum Gasteiger partial charge on any atom is -0.260 e. The Hall–Kier alpha value is -0.210. The van der Waals surface area contributed by atoms with E-state index in [9.17, 15) is 0 Å². The van der Waals surface area contributed by atoms with E-state index in [0.717, 1.165) is 16.5 Å². The van der Waals surface area contributed by atoms with E-state index in [0.29, 0.717) is 11.2 Å². The highest BCUT2D eigenvalue weighted by atomic mass is 35.5. The normalized spacial score (nSPS) is 13.2. The SMILES string of the molecule is CC(C)C(C)SCc1cc(Cl)ccn1. The molecule has 0 aliphatic rings. The Kier molecular flexibility index (Phi) is 4.76. The fraction of sp³-hybridized carbons (Fsp3) is 0.545. The average Bonchev–Trinajstić information content (AvgIpc) is 2.14. The van der Waals surface area contributed by atoms with Gasteiger partial charge < -0.3 is 0 Å². The maximum atomic E-state index is 5.87. The number of thioether (sulfide) groups is 1. The van der Waals surface area contributed by atoms with Crippen LogP contribution >= 0.6 is 23.4 Å². The van der Waals surface area contributed by atoms with E-state index in [1.807, 2.05) is 23.9 Å². The topological polar surface area (TPSA) is 12.9 Å². The van der Waals surface area contributed by atoms with E-state index in [1.54, 1.807) is 6.20 Å². The summed E-state index contributed by atoms with van der Waals surface area (Å²) in [7, 11) is 0. The number of pyridine rings is 1. The standard InChI is InChI=1S/C11H16ClNS/c1-8(2)9(3)14-7-11-6-10(12)4-5-13-11/h4-6,8-9H,7H2,1-3H3. The second-order valence-electron chi connectivity index (χ2n) is 3.73. The third-order valence-electron chi connectivity index (χ3n) is 2.21. The van der Waals surface area contributed by atoms with Gasteiger partial charge in [-0.1, -0.05) is 32.4 Å². The van der Waals surface area contributed by atoms with Crippen molar-refractivity contribution in [3.63, 3.8) is 0 Å². The summed E-state index contributed by atoms with van der Waals surface area (Å²) in [6.45, 7) is 6.73. The average molecular weight is 230 g/mol. The summed E-state index contributed by atoms with van der Waals surface area (Å²) in [6, 6.07) is 3.74. The van der Waals surface area contributed by atoms with Gasteiger partial charge in [-0.3, -0.25) is 4.98 Å². The van der Waals surface area contributed by atoms with Crippen molar-refractivity contribution < 1.29 is 0 Å². The summed E-state index contributed by atoms with van der Waals surface area (Å²) in [5, 5.41) is 1.43. The van der Waals surface area contributed by atoms with Crippen molar-refractivity contribution in [3.05, 3.63) is 29.0 Å². The highest BCUT2D eigenvalue weighted by Gasteiger charge is 2.07. The number of halogens is 1. The Bertz CT molecular complexity index is 288. The van der Waals surface area contributed by atoms with Gasteiger partial charge in [0.15, 0.2) is 0 Å². The summed E-state index contributed by atoms with van der Waals surface area (Å²) in [5.41, 5.74) is 1.06. The molecule has 0 aliphatic carbocycles. The minimum absolute atomic E-state index is 0.663. The third-order valence-corrected chi connectivity index (χ3v) is 3.98. The van der Waals surface area contributed by atoms with Gasteiger partial charge in [-0.25, -0.2) is 0 Å². The van der Waals surface area contributed by atoms with Gasteiger partial charge in [-0.15, -0.1) is 0 Å². The van der Waals surface area contributed by atoms with Crippen LogP contribution in [-0.2, 0) is 5.75 Å². The lowest BCUT2D eigenvalue weighted by molar-refractivity contribution is 0.642. The van der Waals surface area contributed by atoms with Crippen LogP contribution in [0.5, 0.6) is 0 Å². The summed E-state index contributed by atoms with van der Waals surface area (Å²) < 4.78 is 0. The number of hydrogen-bond acceptors (Lipinski definition) is 2. The zero-order chi connectivity index (χ0) is 10.6. The van der Waals surface area contributed by atoms with E-state index in [4.69, 9.17) is 11.6 Å². The minimum atomic E-state index is 0.663. The van der Waals surface area contributed by atoms with Crippen LogP contribution in [0.3, 0.4) is 0 Å². The van der Waals surface area contributed by atoms with E-state index in [-0.39, 0.29) is 0 Å². The Morgan fingerprint density at radius 3 is 2.71 bits per heavy atom. The lowest BCUT2D eigenvalue weighted by atomic mass is 10.2. The first-order valence-corrected chi connectivity index (χ1v) is 6.24. The molecule has 78 valence electrons. The molecule has 0 saturated carbocycles. The molecule has 0 fully saturated rings. The van der Waals surface area contributed by atoms with Crippen molar-refractivity contribution in [2.24, 2.45) is 5.92 Å². The predicted octanol–water partition coefficient (Wildman–Crippen LogP) is 4.01. The highest BCUT2D eigenvalue weighted by Crippen LogP contribution is 2.23. The predicted molar refractivity (Wildman–Crippen MR) is 64.8 cm³/mol. The van der Waals surface area contributed by atoms with Gasteiger partial charge >= 0.3 is 0 Å². The van der Waals surface area contributed by atoms with Crippen LogP contribution < -0.4 is 0 Å². The van der Waals surface area contributed by atoms with Crippen LogP contribution in [0.4, 0.5) is 0 Å². The van der Waals surface area contributed by atoms with Crippen LogP contribution in [0.2, 0.25) is 5.02 Å². The first kappa shape index (κ1) is 11.9. The van der Waals surface area contributed by atoms with Crippen LogP contribution in [-0.4, -0.2) is 10.2 Å². The monoisotopic (exact) mass is 229 g/mol. The highest BCUT2D eigenvalue weighted by molar-refractivity contribution is 7.99. The molecule has 0 aliphatic heterocycles. The fourth-order valence-electron chi connectivity index (χ4n) is 0.937. The Balaban J connectivity index is 2.45. The summed E-state index contributed by atoms with van der Waals surface area (Å²) in [4.78, 5) is 4.27. The molecule has 0 aromatic carbocycles.